The van der Waals surface area contributed by atoms with Crippen LogP contribution < -0.4 is 14.8 Å². The number of nitrogens with one attached hydrogen (secondary N) is 2. The highest BCUT2D eigenvalue weighted by atomic mass is 16.6. The minimum absolute atomic E-state index is 0.0344. The summed E-state index contributed by atoms with van der Waals surface area (Å²) in [4.78, 5) is 26.1. The van der Waals surface area contributed by atoms with Gasteiger partial charge >= 0.3 is 0 Å². The van der Waals surface area contributed by atoms with E-state index in [0.717, 1.165) is 27.8 Å². The van der Waals surface area contributed by atoms with Gasteiger partial charge in [-0.15, -0.1) is 0 Å². The highest BCUT2D eigenvalue weighted by Gasteiger charge is 2.19. The number of carbonyl (C=O) groups is 1. The standard InChI is InChI=1S/C25H23N3O5/c1-32-19-10-6-17(7-11-19)22(23-15-26-24-5-3-2-4-21(23)24)14-27-25(29)16-33-20-12-8-18(9-13-20)28(30)31/h2-13,15,22,26H,14,16H2,1H3,(H,27,29). The largest absolute Gasteiger partial charge is 0.497 e. The first-order valence-corrected chi connectivity index (χ1v) is 10.4. The molecule has 0 aliphatic rings. The number of amides is 1. The van der Waals surface area contributed by atoms with Gasteiger partial charge in [0.25, 0.3) is 11.6 Å². The predicted octanol–water partition coefficient (Wildman–Crippen LogP) is 4.41. The molecule has 2 N–H and O–H groups in total. The number of rotatable bonds is 9. The molecule has 0 bridgehead atoms. The molecule has 1 aromatic heterocycles. The van der Waals surface area contributed by atoms with Crippen LogP contribution >= 0.6 is 0 Å². The van der Waals surface area contributed by atoms with Gasteiger partial charge in [-0.05, 0) is 41.5 Å². The Morgan fingerprint density at radius 1 is 1.03 bits per heavy atom. The highest BCUT2D eigenvalue weighted by Crippen LogP contribution is 2.31. The Morgan fingerprint density at radius 3 is 2.42 bits per heavy atom. The number of nitro benzene ring substituents is 1. The van der Waals surface area contributed by atoms with Crippen LogP contribution in [-0.4, -0.2) is 36.1 Å². The Balaban J connectivity index is 1.47. The van der Waals surface area contributed by atoms with Crippen LogP contribution in [0.3, 0.4) is 0 Å². The minimum Gasteiger partial charge on any atom is -0.497 e. The minimum atomic E-state index is -0.486. The molecule has 8 heteroatoms. The molecule has 0 radical (unpaired) electrons. The van der Waals surface area contributed by atoms with Crippen LogP contribution in [0.5, 0.6) is 11.5 Å². The molecule has 1 heterocycles. The molecular formula is C25H23N3O5. The molecule has 0 saturated heterocycles. The van der Waals surface area contributed by atoms with Crippen LogP contribution in [0, 0.1) is 10.1 Å². The van der Waals surface area contributed by atoms with E-state index in [0.29, 0.717) is 12.3 Å². The fraction of sp³-hybridized carbons (Fsp3) is 0.160. The lowest BCUT2D eigenvalue weighted by molar-refractivity contribution is -0.384. The lowest BCUT2D eigenvalue weighted by atomic mass is 9.91. The summed E-state index contributed by atoms with van der Waals surface area (Å²) in [6, 6.07) is 21.4. The van der Waals surface area contributed by atoms with Gasteiger partial charge in [-0.1, -0.05) is 30.3 Å². The fourth-order valence-electron chi connectivity index (χ4n) is 3.71. The summed E-state index contributed by atoms with van der Waals surface area (Å²) in [7, 11) is 1.62. The molecule has 0 saturated carbocycles. The van der Waals surface area contributed by atoms with Crippen LogP contribution in [0.4, 0.5) is 5.69 Å². The Morgan fingerprint density at radius 2 is 1.73 bits per heavy atom. The molecule has 0 fully saturated rings. The van der Waals surface area contributed by atoms with Crippen molar-refractivity contribution in [1.29, 1.82) is 0 Å². The number of nitrogens with zero attached hydrogens (tertiary/aromatic N) is 1. The van der Waals surface area contributed by atoms with Crippen molar-refractivity contribution in [3.63, 3.8) is 0 Å². The monoisotopic (exact) mass is 445 g/mol. The number of non-ortho nitro benzene ring substituents is 1. The first kappa shape index (κ1) is 21.9. The zero-order valence-corrected chi connectivity index (χ0v) is 18.0. The van der Waals surface area contributed by atoms with E-state index in [2.05, 4.69) is 16.4 Å². The highest BCUT2D eigenvalue weighted by molar-refractivity contribution is 5.84. The van der Waals surface area contributed by atoms with Gasteiger partial charge in [0.05, 0.1) is 12.0 Å². The number of para-hydroxylation sites is 1. The summed E-state index contributed by atoms with van der Waals surface area (Å²) >= 11 is 0. The molecule has 8 nitrogen and oxygen atoms in total. The second-order valence-electron chi connectivity index (χ2n) is 7.46. The zero-order chi connectivity index (χ0) is 23.2. The summed E-state index contributed by atoms with van der Waals surface area (Å²) < 4.78 is 10.7. The zero-order valence-electron chi connectivity index (χ0n) is 18.0. The normalized spacial score (nSPS) is 11.7. The van der Waals surface area contributed by atoms with Crippen LogP contribution in [0.1, 0.15) is 17.0 Å². The molecule has 0 aliphatic carbocycles. The van der Waals surface area contributed by atoms with E-state index in [1.54, 1.807) is 7.11 Å². The Bertz CT molecular complexity index is 1250. The van der Waals surface area contributed by atoms with Gasteiger partial charge in [0.2, 0.25) is 0 Å². The van der Waals surface area contributed by atoms with Gasteiger partial charge in [-0.2, -0.15) is 0 Å². The summed E-state index contributed by atoms with van der Waals surface area (Å²) in [5.74, 6) is 0.776. The van der Waals surface area contributed by atoms with Crippen molar-refractivity contribution < 1.29 is 19.2 Å². The third-order valence-electron chi connectivity index (χ3n) is 5.44. The van der Waals surface area contributed by atoms with Gasteiger partial charge in [-0.3, -0.25) is 14.9 Å². The molecule has 0 spiro atoms. The number of nitro groups is 1. The van der Waals surface area contributed by atoms with Crippen molar-refractivity contribution in [2.24, 2.45) is 0 Å². The van der Waals surface area contributed by atoms with Crippen molar-refractivity contribution in [1.82, 2.24) is 10.3 Å². The van der Waals surface area contributed by atoms with E-state index in [1.165, 1.54) is 24.3 Å². The maximum absolute atomic E-state index is 12.5. The molecular weight excluding hydrogens is 422 g/mol. The molecule has 33 heavy (non-hydrogen) atoms. The van der Waals surface area contributed by atoms with E-state index in [9.17, 15) is 14.9 Å². The lowest BCUT2D eigenvalue weighted by Crippen LogP contribution is -2.32. The van der Waals surface area contributed by atoms with E-state index in [-0.39, 0.29) is 24.1 Å². The number of fused-ring (bicyclic) bond motifs is 1. The molecule has 1 amide bonds. The number of benzene rings is 3. The van der Waals surface area contributed by atoms with Crippen molar-refractivity contribution in [2.45, 2.75) is 5.92 Å². The number of H-pyrrole nitrogens is 1. The van der Waals surface area contributed by atoms with Crippen molar-refractivity contribution >= 4 is 22.5 Å². The van der Waals surface area contributed by atoms with Crippen molar-refractivity contribution in [3.8, 4) is 11.5 Å². The van der Waals surface area contributed by atoms with Crippen molar-refractivity contribution in [3.05, 3.63) is 100 Å². The predicted molar refractivity (Wildman–Crippen MR) is 125 cm³/mol. The van der Waals surface area contributed by atoms with Gasteiger partial charge in [0.15, 0.2) is 6.61 Å². The van der Waals surface area contributed by atoms with Crippen molar-refractivity contribution in [2.75, 3.05) is 20.3 Å². The second kappa shape index (κ2) is 9.86. The number of methoxy groups -OCH3 is 1. The Hall–Kier alpha value is -4.33. The average molecular weight is 445 g/mol. The van der Waals surface area contributed by atoms with E-state index < -0.39 is 4.92 Å². The third kappa shape index (κ3) is 5.12. The van der Waals surface area contributed by atoms with Gasteiger partial charge in [0, 0.05) is 41.7 Å². The van der Waals surface area contributed by atoms with Gasteiger partial charge in [0.1, 0.15) is 11.5 Å². The maximum atomic E-state index is 12.5. The number of aromatic amines is 1. The summed E-state index contributed by atoms with van der Waals surface area (Å²) in [6.45, 7) is 0.178. The van der Waals surface area contributed by atoms with Crippen LogP contribution in [0.2, 0.25) is 0 Å². The van der Waals surface area contributed by atoms with Crippen LogP contribution in [-0.2, 0) is 4.79 Å². The quantitative estimate of drug-likeness (QED) is 0.293. The fourth-order valence-corrected chi connectivity index (χ4v) is 3.71. The molecule has 168 valence electrons. The van der Waals surface area contributed by atoms with E-state index in [1.807, 2.05) is 48.7 Å². The SMILES string of the molecule is COc1ccc(C(CNC(=O)COc2ccc([N+](=O)[O-])cc2)c2c[nH]c3ccccc23)cc1. The maximum Gasteiger partial charge on any atom is 0.269 e. The number of aromatic nitrogens is 1. The van der Waals surface area contributed by atoms with Gasteiger partial charge in [-0.25, -0.2) is 0 Å². The third-order valence-corrected chi connectivity index (χ3v) is 5.44. The molecule has 0 aliphatic heterocycles. The Labute approximate surface area is 190 Å². The molecule has 1 unspecified atom stereocenters. The van der Waals surface area contributed by atoms with E-state index >= 15 is 0 Å². The summed E-state index contributed by atoms with van der Waals surface area (Å²) in [5, 5.41) is 14.8. The van der Waals surface area contributed by atoms with Gasteiger partial charge < -0.3 is 19.8 Å². The first-order valence-electron chi connectivity index (χ1n) is 10.4. The number of ether oxygens (including phenoxy) is 2. The smallest absolute Gasteiger partial charge is 0.269 e. The van der Waals surface area contributed by atoms with Crippen LogP contribution in [0.15, 0.2) is 79.0 Å². The molecule has 3 aromatic carbocycles. The molecule has 4 rings (SSSR count). The average Bonchev–Trinajstić information content (AvgIpc) is 3.27. The number of carbonyl (C=O) groups excluding carboxylic acids is 1. The Kier molecular flexibility index (Phi) is 6.54. The lowest BCUT2D eigenvalue weighted by Gasteiger charge is -2.19. The first-order chi connectivity index (χ1) is 16.0. The molecule has 4 aromatic rings. The summed E-state index contributed by atoms with van der Waals surface area (Å²) in [5.41, 5.74) is 3.11. The topological polar surface area (TPSA) is 106 Å². The number of hydrogen-bond acceptors (Lipinski definition) is 5. The summed E-state index contributed by atoms with van der Waals surface area (Å²) in [6.07, 6.45) is 1.97. The van der Waals surface area contributed by atoms with Crippen LogP contribution in [0.25, 0.3) is 10.9 Å². The number of hydrogen-bond donors (Lipinski definition) is 2. The molecule has 1 atom stereocenters. The van der Waals surface area contributed by atoms with E-state index in [4.69, 9.17) is 9.47 Å². The second-order valence-corrected chi connectivity index (χ2v) is 7.46.